The summed E-state index contributed by atoms with van der Waals surface area (Å²) in [6.45, 7) is 4.75. The van der Waals surface area contributed by atoms with Gasteiger partial charge in [-0.3, -0.25) is 4.79 Å². The zero-order valence-electron chi connectivity index (χ0n) is 10.3. The van der Waals surface area contributed by atoms with Crippen molar-refractivity contribution in [3.63, 3.8) is 0 Å². The summed E-state index contributed by atoms with van der Waals surface area (Å²) >= 11 is 0. The number of carbonyl (C=O) groups is 1. The first-order valence-corrected chi connectivity index (χ1v) is 4.46. The Kier molecular flexibility index (Phi) is 13.8. The van der Waals surface area contributed by atoms with Crippen molar-refractivity contribution in [2.45, 2.75) is 46.0 Å². The molecule has 0 aromatic carbocycles. The Hall–Kier alpha value is 0.236. The number of ether oxygens (including phenoxy) is 1. The van der Waals surface area contributed by atoms with E-state index in [-0.39, 0.29) is 31.9 Å². The molecule has 0 bridgehead atoms. The van der Waals surface area contributed by atoms with Crippen LogP contribution >= 0.6 is 0 Å². The molecule has 0 unspecified atom stereocenters. The van der Waals surface area contributed by atoms with E-state index in [9.17, 15) is 4.79 Å². The molecule has 0 N–H and O–H groups in total. The average Bonchev–Trinajstić information content (AvgIpc) is 2.01. The summed E-state index contributed by atoms with van der Waals surface area (Å²) in [6, 6.07) is 0. The quantitative estimate of drug-likeness (QED) is 0.360. The summed E-state index contributed by atoms with van der Waals surface area (Å²) in [7, 11) is 0. The van der Waals surface area contributed by atoms with Crippen molar-refractivity contribution in [2.75, 3.05) is 6.61 Å². The van der Waals surface area contributed by atoms with Crippen molar-refractivity contribution in [1.29, 1.82) is 0 Å². The molecule has 0 heterocycles. The first kappa shape index (κ1) is 14.7. The summed E-state index contributed by atoms with van der Waals surface area (Å²) in [4.78, 5) is 10.9. The SMILES string of the molecule is CCCCOC(=O)CCCC.[H-].[H-].[Mg+2]. The van der Waals surface area contributed by atoms with E-state index in [1.807, 2.05) is 0 Å². The van der Waals surface area contributed by atoms with Crippen LogP contribution in [0, 0.1) is 0 Å². The Morgan fingerprint density at radius 3 is 2.33 bits per heavy atom. The minimum Gasteiger partial charge on any atom is -1.00 e. The maximum atomic E-state index is 10.9. The molecule has 0 spiro atoms. The maximum Gasteiger partial charge on any atom is 2.00 e. The number of rotatable bonds is 6. The molecule has 70 valence electrons. The van der Waals surface area contributed by atoms with Crippen LogP contribution in [-0.2, 0) is 9.53 Å². The molecule has 0 saturated carbocycles. The Bertz CT molecular complexity index is 113. The Morgan fingerprint density at radius 1 is 1.25 bits per heavy atom. The van der Waals surface area contributed by atoms with Crippen molar-refractivity contribution in [3.05, 3.63) is 0 Å². The van der Waals surface area contributed by atoms with Gasteiger partial charge in [0.15, 0.2) is 0 Å². The van der Waals surface area contributed by atoms with Gasteiger partial charge >= 0.3 is 29.0 Å². The summed E-state index contributed by atoms with van der Waals surface area (Å²) in [5.74, 6) is -0.0414. The molecule has 3 heteroatoms. The molecule has 0 saturated heterocycles. The van der Waals surface area contributed by atoms with E-state index >= 15 is 0 Å². The smallest absolute Gasteiger partial charge is 1.00 e. The molecule has 0 aliphatic heterocycles. The Balaban J connectivity index is -0.000000167. The number of carbonyl (C=O) groups excluding carboxylic acids is 1. The van der Waals surface area contributed by atoms with Gasteiger partial charge in [0.2, 0.25) is 0 Å². The van der Waals surface area contributed by atoms with Gasteiger partial charge in [0, 0.05) is 6.42 Å². The third-order valence-corrected chi connectivity index (χ3v) is 1.50. The van der Waals surface area contributed by atoms with Crippen molar-refractivity contribution in [2.24, 2.45) is 0 Å². The van der Waals surface area contributed by atoms with Gasteiger partial charge in [-0.05, 0) is 12.8 Å². The third kappa shape index (κ3) is 10.2. The normalized spacial score (nSPS) is 8.83. The number of esters is 1. The predicted octanol–water partition coefficient (Wildman–Crippen LogP) is 2.36. The monoisotopic (exact) mass is 184 g/mol. The topological polar surface area (TPSA) is 26.3 Å². The Morgan fingerprint density at radius 2 is 1.83 bits per heavy atom. The van der Waals surface area contributed by atoms with Crippen LogP contribution in [-0.4, -0.2) is 35.6 Å². The first-order chi connectivity index (χ1) is 5.31. The van der Waals surface area contributed by atoms with Crippen LogP contribution in [0.15, 0.2) is 0 Å². The fraction of sp³-hybridized carbons (Fsp3) is 0.889. The van der Waals surface area contributed by atoms with Gasteiger partial charge in [0.05, 0.1) is 6.61 Å². The van der Waals surface area contributed by atoms with Crippen LogP contribution in [0.1, 0.15) is 48.8 Å². The van der Waals surface area contributed by atoms with Gasteiger partial charge in [0.25, 0.3) is 0 Å². The molecule has 0 aromatic heterocycles. The van der Waals surface area contributed by atoms with Gasteiger partial charge in [-0.25, -0.2) is 0 Å². The molecule has 2 nitrogen and oxygen atoms in total. The van der Waals surface area contributed by atoms with Gasteiger partial charge in [-0.1, -0.05) is 26.7 Å². The molecule has 0 radical (unpaired) electrons. The van der Waals surface area contributed by atoms with E-state index in [0.717, 1.165) is 25.7 Å². The molecular weight excluding hydrogens is 164 g/mol. The van der Waals surface area contributed by atoms with E-state index in [1.165, 1.54) is 0 Å². The van der Waals surface area contributed by atoms with E-state index in [4.69, 9.17) is 4.74 Å². The van der Waals surface area contributed by atoms with E-state index in [1.54, 1.807) is 0 Å². The van der Waals surface area contributed by atoms with Crippen molar-refractivity contribution in [1.82, 2.24) is 0 Å². The van der Waals surface area contributed by atoms with Gasteiger partial charge < -0.3 is 7.59 Å². The average molecular weight is 185 g/mol. The number of hydrogen-bond donors (Lipinski definition) is 0. The van der Waals surface area contributed by atoms with Crippen molar-refractivity contribution >= 4 is 29.0 Å². The fourth-order valence-corrected chi connectivity index (χ4v) is 0.724. The predicted molar refractivity (Wildman–Crippen MR) is 53.4 cm³/mol. The molecule has 12 heavy (non-hydrogen) atoms. The second kappa shape index (κ2) is 11.2. The Labute approximate surface area is 94.2 Å². The summed E-state index contributed by atoms with van der Waals surface area (Å²) in [5, 5.41) is 0. The fourth-order valence-electron chi connectivity index (χ4n) is 0.724. The minimum atomic E-state index is -0.0414. The molecule has 0 rings (SSSR count). The zero-order chi connectivity index (χ0) is 8.53. The second-order valence-electron chi connectivity index (χ2n) is 2.68. The van der Waals surface area contributed by atoms with Gasteiger partial charge in [-0.15, -0.1) is 0 Å². The van der Waals surface area contributed by atoms with E-state index in [0.29, 0.717) is 13.0 Å². The standard InChI is InChI=1S/C9H18O2.Mg.2H/c1-3-5-7-9(10)11-8-6-4-2;;;/h3-8H2,1-2H3;;;/q;+2;2*-1. The van der Waals surface area contributed by atoms with Crippen molar-refractivity contribution < 1.29 is 12.4 Å². The first-order valence-electron chi connectivity index (χ1n) is 4.46. The van der Waals surface area contributed by atoms with Gasteiger partial charge in [0.1, 0.15) is 0 Å². The number of hydrogen-bond acceptors (Lipinski definition) is 2. The van der Waals surface area contributed by atoms with Crippen LogP contribution in [0.2, 0.25) is 0 Å². The third-order valence-electron chi connectivity index (χ3n) is 1.50. The molecule has 0 fully saturated rings. The summed E-state index contributed by atoms with van der Waals surface area (Å²) in [5.41, 5.74) is 0. The molecule has 0 aliphatic rings. The summed E-state index contributed by atoms with van der Waals surface area (Å²) in [6.07, 6.45) is 4.66. The molecule has 0 amide bonds. The van der Waals surface area contributed by atoms with Crippen LogP contribution in [0.5, 0.6) is 0 Å². The van der Waals surface area contributed by atoms with E-state index < -0.39 is 0 Å². The van der Waals surface area contributed by atoms with Crippen molar-refractivity contribution in [3.8, 4) is 0 Å². The van der Waals surface area contributed by atoms with E-state index in [2.05, 4.69) is 13.8 Å². The minimum absolute atomic E-state index is 0. The molecular formula is C9H20MgO2. The molecule has 0 aromatic rings. The van der Waals surface area contributed by atoms with Gasteiger partial charge in [-0.2, -0.15) is 0 Å². The maximum absolute atomic E-state index is 10.9. The van der Waals surface area contributed by atoms with Crippen LogP contribution in [0.4, 0.5) is 0 Å². The summed E-state index contributed by atoms with van der Waals surface area (Å²) < 4.78 is 4.95. The second-order valence-corrected chi connectivity index (χ2v) is 2.68. The zero-order valence-corrected chi connectivity index (χ0v) is 9.68. The molecule has 0 aliphatic carbocycles. The van der Waals surface area contributed by atoms with Crippen LogP contribution in [0.3, 0.4) is 0 Å². The van der Waals surface area contributed by atoms with Crippen LogP contribution in [0.25, 0.3) is 0 Å². The number of unbranched alkanes of at least 4 members (excludes halogenated alkanes) is 2. The molecule has 0 atom stereocenters. The largest absolute Gasteiger partial charge is 2.00 e. The van der Waals surface area contributed by atoms with Crippen LogP contribution < -0.4 is 0 Å².